The molecule has 1 amide bonds. The van der Waals surface area contributed by atoms with E-state index < -0.39 is 11.4 Å². The van der Waals surface area contributed by atoms with E-state index in [0.29, 0.717) is 16.5 Å². The minimum atomic E-state index is -1.20. The molecular formula is C12H14N4OS. The molecule has 0 spiro atoms. The minimum absolute atomic E-state index is 0.333. The smallest absolute Gasteiger partial charge is 0.243 e. The van der Waals surface area contributed by atoms with Gasteiger partial charge in [0.2, 0.25) is 5.91 Å². The molecule has 1 atom stereocenters. The fourth-order valence-electron chi connectivity index (χ4n) is 1.54. The number of carbonyl (C=O) groups excluding carboxylic acids is 1. The van der Waals surface area contributed by atoms with Crippen LogP contribution in [0.1, 0.15) is 5.56 Å². The molecule has 0 aliphatic heterocycles. The van der Waals surface area contributed by atoms with Crippen LogP contribution in [-0.2, 0) is 10.3 Å². The van der Waals surface area contributed by atoms with Gasteiger partial charge in [0.25, 0.3) is 0 Å². The quantitative estimate of drug-likeness (QED) is 0.695. The van der Waals surface area contributed by atoms with Crippen LogP contribution in [0, 0.1) is 0 Å². The van der Waals surface area contributed by atoms with Gasteiger partial charge in [0.05, 0.1) is 0 Å². The molecular weight excluding hydrogens is 248 g/mol. The van der Waals surface area contributed by atoms with Crippen molar-refractivity contribution in [3.63, 3.8) is 0 Å². The number of aromatic amines is 1. The lowest BCUT2D eigenvalue weighted by molar-refractivity contribution is -0.122. The standard InChI is InChI=1S/C12H14N4OS/c13-10(17)12(14,9-4-2-1-3-5-9)8-18-11-15-6-7-16-11/h1-7H,8,14H2,(H2,13,17)(H,15,16). The van der Waals surface area contributed by atoms with E-state index in [1.807, 2.05) is 18.2 Å². The topological polar surface area (TPSA) is 97.8 Å². The zero-order valence-corrected chi connectivity index (χ0v) is 10.5. The van der Waals surface area contributed by atoms with Crippen LogP contribution in [0.2, 0.25) is 0 Å². The number of hydrogen-bond donors (Lipinski definition) is 3. The van der Waals surface area contributed by atoms with Crippen molar-refractivity contribution in [2.45, 2.75) is 10.7 Å². The van der Waals surface area contributed by atoms with Crippen molar-refractivity contribution in [3.05, 3.63) is 48.3 Å². The molecule has 5 N–H and O–H groups in total. The molecule has 5 nitrogen and oxygen atoms in total. The van der Waals surface area contributed by atoms with Crippen LogP contribution < -0.4 is 11.5 Å². The van der Waals surface area contributed by atoms with E-state index in [0.717, 1.165) is 0 Å². The largest absolute Gasteiger partial charge is 0.368 e. The highest BCUT2D eigenvalue weighted by Gasteiger charge is 2.34. The number of nitrogens with one attached hydrogen (secondary N) is 1. The first-order chi connectivity index (χ1) is 8.63. The second-order valence-corrected chi connectivity index (χ2v) is 4.85. The first kappa shape index (κ1) is 12.7. The third-order valence-electron chi connectivity index (χ3n) is 2.64. The monoisotopic (exact) mass is 262 g/mol. The lowest BCUT2D eigenvalue weighted by Gasteiger charge is -2.25. The SMILES string of the molecule is NC(=O)C(N)(CSc1ncc[nH]1)c1ccccc1. The summed E-state index contributed by atoms with van der Waals surface area (Å²) in [6.45, 7) is 0. The average molecular weight is 262 g/mol. The molecule has 0 saturated heterocycles. The summed E-state index contributed by atoms with van der Waals surface area (Å²) in [5.74, 6) is -0.215. The summed E-state index contributed by atoms with van der Waals surface area (Å²) in [6, 6.07) is 9.13. The van der Waals surface area contributed by atoms with E-state index in [-0.39, 0.29) is 0 Å². The predicted molar refractivity (Wildman–Crippen MR) is 70.8 cm³/mol. The average Bonchev–Trinajstić information content (AvgIpc) is 2.90. The highest BCUT2D eigenvalue weighted by atomic mass is 32.2. The predicted octanol–water partition coefficient (Wildman–Crippen LogP) is 0.841. The molecule has 1 aromatic carbocycles. The number of nitrogens with zero attached hydrogens (tertiary/aromatic N) is 1. The van der Waals surface area contributed by atoms with Crippen molar-refractivity contribution in [1.82, 2.24) is 9.97 Å². The van der Waals surface area contributed by atoms with Gasteiger partial charge in [0.15, 0.2) is 5.16 Å². The summed E-state index contributed by atoms with van der Waals surface area (Å²) in [5, 5.41) is 0.710. The maximum atomic E-state index is 11.6. The number of primary amides is 1. The van der Waals surface area contributed by atoms with E-state index >= 15 is 0 Å². The fourth-order valence-corrected chi connectivity index (χ4v) is 2.50. The van der Waals surface area contributed by atoms with Crippen molar-refractivity contribution in [3.8, 4) is 0 Å². The van der Waals surface area contributed by atoms with Gasteiger partial charge in [0.1, 0.15) is 5.54 Å². The highest BCUT2D eigenvalue weighted by Crippen LogP contribution is 2.25. The Hall–Kier alpha value is -1.79. The molecule has 1 heterocycles. The van der Waals surface area contributed by atoms with Crippen molar-refractivity contribution in [1.29, 1.82) is 0 Å². The second kappa shape index (κ2) is 5.24. The van der Waals surface area contributed by atoms with Gasteiger partial charge >= 0.3 is 0 Å². The number of aromatic nitrogens is 2. The second-order valence-electron chi connectivity index (χ2n) is 3.88. The van der Waals surface area contributed by atoms with Gasteiger partial charge < -0.3 is 16.5 Å². The Kier molecular flexibility index (Phi) is 3.69. The molecule has 0 radical (unpaired) electrons. The molecule has 1 unspecified atom stereocenters. The Morgan fingerprint density at radius 1 is 1.39 bits per heavy atom. The number of thioether (sulfide) groups is 1. The maximum Gasteiger partial charge on any atom is 0.243 e. The van der Waals surface area contributed by atoms with Gasteiger partial charge in [-0.05, 0) is 5.56 Å². The molecule has 18 heavy (non-hydrogen) atoms. The minimum Gasteiger partial charge on any atom is -0.368 e. The molecule has 0 aliphatic rings. The number of hydrogen-bond acceptors (Lipinski definition) is 4. The highest BCUT2D eigenvalue weighted by molar-refractivity contribution is 7.99. The molecule has 0 saturated carbocycles. The summed E-state index contributed by atoms with van der Waals surface area (Å²) < 4.78 is 0. The van der Waals surface area contributed by atoms with Crippen LogP contribution in [0.3, 0.4) is 0 Å². The number of nitrogens with two attached hydrogens (primary N) is 2. The van der Waals surface area contributed by atoms with Crippen molar-refractivity contribution in [2.75, 3.05) is 5.75 Å². The van der Waals surface area contributed by atoms with Crippen molar-refractivity contribution < 1.29 is 4.79 Å². The maximum absolute atomic E-state index is 11.6. The Morgan fingerprint density at radius 2 is 2.11 bits per heavy atom. The first-order valence-electron chi connectivity index (χ1n) is 5.39. The number of benzene rings is 1. The Bertz CT molecular complexity index is 514. The van der Waals surface area contributed by atoms with Gasteiger partial charge in [-0.25, -0.2) is 4.98 Å². The molecule has 94 valence electrons. The summed E-state index contributed by atoms with van der Waals surface area (Å²) in [4.78, 5) is 18.7. The van der Waals surface area contributed by atoms with Crippen molar-refractivity contribution in [2.24, 2.45) is 11.5 Å². The van der Waals surface area contributed by atoms with E-state index in [9.17, 15) is 4.79 Å². The number of H-pyrrole nitrogens is 1. The van der Waals surface area contributed by atoms with E-state index in [1.165, 1.54) is 11.8 Å². The van der Waals surface area contributed by atoms with E-state index in [2.05, 4.69) is 9.97 Å². The van der Waals surface area contributed by atoms with Crippen LogP contribution in [-0.4, -0.2) is 21.6 Å². The zero-order chi connectivity index (χ0) is 13.0. The number of carbonyl (C=O) groups is 1. The molecule has 2 rings (SSSR count). The number of imidazole rings is 1. The third-order valence-corrected chi connectivity index (χ3v) is 3.73. The lowest BCUT2D eigenvalue weighted by Crippen LogP contribution is -2.51. The van der Waals surface area contributed by atoms with E-state index in [4.69, 9.17) is 11.5 Å². The third kappa shape index (κ3) is 2.55. The number of amides is 1. The molecule has 2 aromatic rings. The Balaban J connectivity index is 2.20. The molecule has 0 fully saturated rings. The summed E-state index contributed by atoms with van der Waals surface area (Å²) >= 11 is 1.36. The van der Waals surface area contributed by atoms with E-state index in [1.54, 1.807) is 24.5 Å². The first-order valence-corrected chi connectivity index (χ1v) is 6.38. The summed E-state index contributed by atoms with van der Waals surface area (Å²) in [7, 11) is 0. The summed E-state index contributed by atoms with van der Waals surface area (Å²) in [5.41, 5.74) is 11.1. The Morgan fingerprint density at radius 3 is 2.67 bits per heavy atom. The van der Waals surface area contributed by atoms with Crippen LogP contribution in [0.25, 0.3) is 0 Å². The van der Waals surface area contributed by atoms with Gasteiger partial charge in [-0.2, -0.15) is 0 Å². The molecule has 1 aromatic heterocycles. The zero-order valence-electron chi connectivity index (χ0n) is 9.67. The molecule has 0 aliphatic carbocycles. The molecule has 0 bridgehead atoms. The van der Waals surface area contributed by atoms with Crippen LogP contribution in [0.15, 0.2) is 47.9 Å². The Labute approximate surface area is 109 Å². The van der Waals surface area contributed by atoms with Crippen LogP contribution in [0.4, 0.5) is 0 Å². The fraction of sp³-hybridized carbons (Fsp3) is 0.167. The van der Waals surface area contributed by atoms with Crippen molar-refractivity contribution >= 4 is 17.7 Å². The lowest BCUT2D eigenvalue weighted by atomic mass is 9.92. The normalized spacial score (nSPS) is 14.1. The summed E-state index contributed by atoms with van der Waals surface area (Å²) in [6.07, 6.45) is 3.36. The molecule has 6 heteroatoms. The van der Waals surface area contributed by atoms with Gasteiger partial charge in [0, 0.05) is 18.1 Å². The van der Waals surface area contributed by atoms with Gasteiger partial charge in [-0.3, -0.25) is 4.79 Å². The van der Waals surface area contributed by atoms with Gasteiger partial charge in [-0.1, -0.05) is 42.1 Å². The van der Waals surface area contributed by atoms with Crippen LogP contribution >= 0.6 is 11.8 Å². The number of rotatable bonds is 5. The van der Waals surface area contributed by atoms with Gasteiger partial charge in [-0.15, -0.1) is 0 Å². The van der Waals surface area contributed by atoms with Crippen LogP contribution in [0.5, 0.6) is 0 Å².